The Morgan fingerprint density at radius 1 is 0.958 bits per heavy atom. The van der Waals surface area contributed by atoms with Crippen molar-refractivity contribution in [1.29, 1.82) is 0 Å². The normalized spacial score (nSPS) is 11.2. The Bertz CT molecular complexity index is 996. The van der Waals surface area contributed by atoms with Crippen LogP contribution in [0, 0.1) is 6.92 Å². The topological polar surface area (TPSA) is 48.5 Å². The van der Waals surface area contributed by atoms with E-state index in [0.29, 0.717) is 0 Å². The standard InChI is InChI=1S/C19H19N5/c1-14-5-6-16(15-4-3-8-21-18(14)15)19-22-10-13-24(19)11-7-17-20-9-12-23(17)2/h3-6,8-10,12-13H,7,11H2,1-2H3. The summed E-state index contributed by atoms with van der Waals surface area (Å²) in [5.74, 6) is 2.05. The van der Waals surface area contributed by atoms with E-state index in [0.717, 1.165) is 41.1 Å². The van der Waals surface area contributed by atoms with E-state index in [1.165, 1.54) is 5.56 Å². The molecule has 0 bridgehead atoms. The van der Waals surface area contributed by atoms with Gasteiger partial charge < -0.3 is 9.13 Å². The van der Waals surface area contributed by atoms with Crippen LogP contribution in [0.5, 0.6) is 0 Å². The third-order valence-corrected chi connectivity index (χ3v) is 4.43. The molecule has 4 aromatic rings. The smallest absolute Gasteiger partial charge is 0.140 e. The minimum absolute atomic E-state index is 0.843. The minimum Gasteiger partial charge on any atom is -0.338 e. The summed E-state index contributed by atoms with van der Waals surface area (Å²) in [6, 6.07) is 8.34. The van der Waals surface area contributed by atoms with Crippen LogP contribution in [0.2, 0.25) is 0 Å². The Morgan fingerprint density at radius 3 is 2.67 bits per heavy atom. The van der Waals surface area contributed by atoms with Crippen LogP contribution in [0.15, 0.2) is 55.2 Å². The molecular formula is C19H19N5. The third-order valence-electron chi connectivity index (χ3n) is 4.43. The highest BCUT2D eigenvalue weighted by atomic mass is 15.1. The molecule has 5 nitrogen and oxygen atoms in total. The minimum atomic E-state index is 0.843. The molecule has 0 aliphatic heterocycles. The first-order chi connectivity index (χ1) is 11.7. The first kappa shape index (κ1) is 14.6. The van der Waals surface area contributed by atoms with Gasteiger partial charge in [0.05, 0.1) is 5.52 Å². The Hall–Kier alpha value is -2.95. The van der Waals surface area contributed by atoms with Crippen molar-refractivity contribution in [3.63, 3.8) is 0 Å². The zero-order chi connectivity index (χ0) is 16.5. The first-order valence-electron chi connectivity index (χ1n) is 8.06. The van der Waals surface area contributed by atoms with E-state index in [2.05, 4.69) is 49.2 Å². The van der Waals surface area contributed by atoms with Gasteiger partial charge in [0.2, 0.25) is 0 Å². The van der Waals surface area contributed by atoms with E-state index in [1.807, 2.05) is 44.1 Å². The number of fused-ring (bicyclic) bond motifs is 1. The molecule has 5 heteroatoms. The van der Waals surface area contributed by atoms with Gasteiger partial charge in [-0.15, -0.1) is 0 Å². The number of aromatic nitrogens is 5. The second kappa shape index (κ2) is 5.92. The molecule has 0 saturated heterocycles. The quantitative estimate of drug-likeness (QED) is 0.580. The molecule has 3 heterocycles. The Kier molecular flexibility index (Phi) is 3.61. The molecule has 0 saturated carbocycles. The summed E-state index contributed by atoms with van der Waals surface area (Å²) in [6.45, 7) is 2.93. The zero-order valence-electron chi connectivity index (χ0n) is 13.8. The highest BCUT2D eigenvalue weighted by molar-refractivity contribution is 5.94. The van der Waals surface area contributed by atoms with Crippen LogP contribution in [0.3, 0.4) is 0 Å². The highest BCUT2D eigenvalue weighted by Gasteiger charge is 2.12. The lowest BCUT2D eigenvalue weighted by Gasteiger charge is -2.11. The van der Waals surface area contributed by atoms with Crippen molar-refractivity contribution in [2.75, 3.05) is 0 Å². The van der Waals surface area contributed by atoms with Crippen LogP contribution in [-0.4, -0.2) is 24.1 Å². The molecule has 0 aliphatic carbocycles. The van der Waals surface area contributed by atoms with Gasteiger partial charge in [0.1, 0.15) is 11.6 Å². The van der Waals surface area contributed by atoms with Gasteiger partial charge in [0, 0.05) is 61.9 Å². The number of nitrogens with zero attached hydrogens (tertiary/aromatic N) is 5. The van der Waals surface area contributed by atoms with Crippen molar-refractivity contribution in [2.24, 2.45) is 7.05 Å². The maximum absolute atomic E-state index is 4.60. The number of rotatable bonds is 4. The third kappa shape index (κ3) is 2.48. The summed E-state index contributed by atoms with van der Waals surface area (Å²) in [5.41, 5.74) is 3.34. The van der Waals surface area contributed by atoms with Gasteiger partial charge in [-0.25, -0.2) is 9.97 Å². The number of imidazole rings is 2. The Morgan fingerprint density at radius 2 is 1.83 bits per heavy atom. The van der Waals surface area contributed by atoms with Crippen molar-refractivity contribution < 1.29 is 0 Å². The largest absolute Gasteiger partial charge is 0.338 e. The van der Waals surface area contributed by atoms with Gasteiger partial charge in [0.25, 0.3) is 0 Å². The summed E-state index contributed by atoms with van der Waals surface area (Å²) in [5, 5.41) is 1.14. The lowest BCUT2D eigenvalue weighted by molar-refractivity contribution is 0.655. The maximum Gasteiger partial charge on any atom is 0.140 e. The van der Waals surface area contributed by atoms with Crippen molar-refractivity contribution >= 4 is 10.9 Å². The summed E-state index contributed by atoms with van der Waals surface area (Å²) in [4.78, 5) is 13.5. The van der Waals surface area contributed by atoms with Gasteiger partial charge in [-0.1, -0.05) is 18.2 Å². The predicted octanol–water partition coefficient (Wildman–Crippen LogP) is 3.38. The fourth-order valence-corrected chi connectivity index (χ4v) is 3.10. The van der Waals surface area contributed by atoms with Crippen LogP contribution in [0.25, 0.3) is 22.3 Å². The molecule has 0 fully saturated rings. The Labute approximate surface area is 140 Å². The highest BCUT2D eigenvalue weighted by Crippen LogP contribution is 2.28. The van der Waals surface area contributed by atoms with Crippen molar-refractivity contribution in [1.82, 2.24) is 24.1 Å². The van der Waals surface area contributed by atoms with E-state index in [-0.39, 0.29) is 0 Å². The van der Waals surface area contributed by atoms with Crippen molar-refractivity contribution in [3.8, 4) is 11.4 Å². The molecule has 4 rings (SSSR count). The lowest BCUT2D eigenvalue weighted by atomic mass is 10.0. The molecule has 1 aromatic carbocycles. The molecule has 0 unspecified atom stereocenters. The molecule has 0 radical (unpaired) electrons. The number of benzene rings is 1. The van der Waals surface area contributed by atoms with Gasteiger partial charge >= 0.3 is 0 Å². The van der Waals surface area contributed by atoms with Crippen LogP contribution >= 0.6 is 0 Å². The average molecular weight is 317 g/mol. The molecule has 3 aromatic heterocycles. The van der Waals surface area contributed by atoms with Gasteiger partial charge in [-0.3, -0.25) is 4.98 Å². The number of hydrogen-bond acceptors (Lipinski definition) is 3. The van der Waals surface area contributed by atoms with Crippen molar-refractivity contribution in [2.45, 2.75) is 19.9 Å². The molecule has 0 amide bonds. The second-order valence-corrected chi connectivity index (χ2v) is 5.98. The summed E-state index contributed by atoms with van der Waals surface area (Å²) < 4.78 is 4.24. The average Bonchev–Trinajstić information content (AvgIpc) is 3.22. The van der Waals surface area contributed by atoms with Gasteiger partial charge in [0.15, 0.2) is 0 Å². The van der Waals surface area contributed by atoms with E-state index >= 15 is 0 Å². The fourth-order valence-electron chi connectivity index (χ4n) is 3.10. The number of aryl methyl sites for hydroxylation is 4. The molecule has 24 heavy (non-hydrogen) atoms. The van der Waals surface area contributed by atoms with Crippen molar-refractivity contribution in [3.05, 3.63) is 66.6 Å². The molecule has 0 N–H and O–H groups in total. The number of pyridine rings is 1. The van der Waals surface area contributed by atoms with Crippen LogP contribution in [0.1, 0.15) is 11.4 Å². The van der Waals surface area contributed by atoms with Crippen LogP contribution in [-0.2, 0) is 20.0 Å². The van der Waals surface area contributed by atoms with Gasteiger partial charge in [-0.05, 0) is 18.6 Å². The number of hydrogen-bond donors (Lipinski definition) is 0. The second-order valence-electron chi connectivity index (χ2n) is 5.98. The fraction of sp³-hybridized carbons (Fsp3) is 0.211. The van der Waals surface area contributed by atoms with Gasteiger partial charge in [-0.2, -0.15) is 0 Å². The molecule has 0 aliphatic rings. The summed E-state index contributed by atoms with van der Waals surface area (Å²) >= 11 is 0. The monoisotopic (exact) mass is 317 g/mol. The Balaban J connectivity index is 1.73. The SMILES string of the molecule is Cc1ccc(-c2nccn2CCc2nccn2C)c2cccnc12. The van der Waals surface area contributed by atoms with E-state index < -0.39 is 0 Å². The first-order valence-corrected chi connectivity index (χ1v) is 8.06. The molecule has 0 atom stereocenters. The zero-order valence-corrected chi connectivity index (χ0v) is 13.8. The molecule has 0 spiro atoms. The van der Waals surface area contributed by atoms with Crippen LogP contribution in [0.4, 0.5) is 0 Å². The predicted molar refractivity (Wildman–Crippen MR) is 94.6 cm³/mol. The summed E-state index contributed by atoms with van der Waals surface area (Å²) in [7, 11) is 2.02. The van der Waals surface area contributed by atoms with E-state index in [9.17, 15) is 0 Å². The lowest BCUT2D eigenvalue weighted by Crippen LogP contribution is -2.06. The summed E-state index contributed by atoms with van der Waals surface area (Å²) in [6.07, 6.45) is 10.4. The van der Waals surface area contributed by atoms with E-state index in [4.69, 9.17) is 0 Å². The maximum atomic E-state index is 4.60. The molecular weight excluding hydrogens is 298 g/mol. The van der Waals surface area contributed by atoms with Crippen LogP contribution < -0.4 is 0 Å². The molecule has 120 valence electrons. The van der Waals surface area contributed by atoms with E-state index in [1.54, 1.807) is 0 Å².